The number of aliphatic hydroxyl groups is 1. The van der Waals surface area contributed by atoms with Crippen LogP contribution in [-0.4, -0.2) is 36.8 Å². The average Bonchev–Trinajstić information content (AvgIpc) is 2.92. The fourth-order valence-corrected chi connectivity index (χ4v) is 4.52. The Morgan fingerprint density at radius 2 is 1.81 bits per heavy atom. The first-order chi connectivity index (χ1) is 13.2. The van der Waals surface area contributed by atoms with Crippen LogP contribution in [0.15, 0.2) is 54.6 Å². The van der Waals surface area contributed by atoms with Gasteiger partial charge in [0, 0.05) is 5.41 Å². The van der Waals surface area contributed by atoms with Crippen molar-refractivity contribution in [1.29, 1.82) is 0 Å². The molecule has 0 bridgehead atoms. The molecule has 0 aromatic heterocycles. The van der Waals surface area contributed by atoms with Crippen LogP contribution in [0.4, 0.5) is 0 Å². The maximum Gasteiger partial charge on any atom is 0.246 e. The minimum absolute atomic E-state index is 0.0190. The third-order valence-electron chi connectivity index (χ3n) is 5.87. The Morgan fingerprint density at radius 3 is 2.59 bits per heavy atom. The highest BCUT2D eigenvalue weighted by molar-refractivity contribution is 5.78. The van der Waals surface area contributed by atoms with Gasteiger partial charge in [-0.2, -0.15) is 0 Å². The second kappa shape index (κ2) is 7.80. The second-order valence-corrected chi connectivity index (χ2v) is 7.46. The minimum atomic E-state index is -0.616. The van der Waals surface area contributed by atoms with Gasteiger partial charge in [0.15, 0.2) is 0 Å². The zero-order chi connectivity index (χ0) is 18.7. The lowest BCUT2D eigenvalue weighted by Gasteiger charge is -2.38. The molecule has 1 heterocycles. The Kier molecular flexibility index (Phi) is 5.25. The fourth-order valence-electron chi connectivity index (χ4n) is 4.52. The number of nitrogens with one attached hydrogen (secondary N) is 2. The van der Waals surface area contributed by atoms with E-state index < -0.39 is 6.10 Å². The number of ether oxygens (including phenoxy) is 1. The van der Waals surface area contributed by atoms with E-state index in [1.165, 1.54) is 5.56 Å². The fraction of sp³-hybridized carbons (Fsp3) is 0.409. The maximum absolute atomic E-state index is 12.5. The molecule has 1 aliphatic heterocycles. The molecule has 1 aliphatic carbocycles. The molecule has 2 aliphatic rings. The van der Waals surface area contributed by atoms with Gasteiger partial charge >= 0.3 is 0 Å². The number of rotatable bonds is 5. The van der Waals surface area contributed by atoms with Crippen molar-refractivity contribution in [3.05, 3.63) is 71.3 Å². The van der Waals surface area contributed by atoms with Crippen molar-refractivity contribution >= 4 is 5.91 Å². The summed E-state index contributed by atoms with van der Waals surface area (Å²) in [6.45, 7) is 2.14. The van der Waals surface area contributed by atoms with Gasteiger partial charge < -0.3 is 20.5 Å². The number of hydrogen-bond donors (Lipinski definition) is 3. The number of fused-ring (bicyclic) bond motifs is 2. The Morgan fingerprint density at radius 1 is 1.11 bits per heavy atom. The number of amides is 1. The standard InChI is InChI=1S/C22H26N2O3/c25-19(15-27-14-16-6-2-1-3-7-16)24-20-17-8-4-5-9-18(17)22(21(20)26)10-12-23-13-11-22/h1-9,20-21,23,26H,10-15H2,(H,24,25)/t20-,21+/m0/s1. The summed E-state index contributed by atoms with van der Waals surface area (Å²) < 4.78 is 5.55. The molecule has 2 aromatic rings. The summed E-state index contributed by atoms with van der Waals surface area (Å²) in [4.78, 5) is 12.5. The van der Waals surface area contributed by atoms with Crippen LogP contribution in [0, 0.1) is 0 Å². The molecule has 5 heteroatoms. The van der Waals surface area contributed by atoms with Gasteiger partial charge in [-0.25, -0.2) is 0 Å². The van der Waals surface area contributed by atoms with E-state index in [2.05, 4.69) is 16.7 Å². The molecule has 0 radical (unpaired) electrons. The Balaban J connectivity index is 1.43. The number of carbonyl (C=O) groups is 1. The number of carbonyl (C=O) groups excluding carboxylic acids is 1. The molecule has 4 rings (SSSR count). The molecule has 0 unspecified atom stereocenters. The molecule has 0 saturated carbocycles. The van der Waals surface area contributed by atoms with Crippen molar-refractivity contribution < 1.29 is 14.6 Å². The normalized spacial score (nSPS) is 23.1. The van der Waals surface area contributed by atoms with E-state index in [0.717, 1.165) is 37.1 Å². The van der Waals surface area contributed by atoms with Crippen LogP contribution in [0.2, 0.25) is 0 Å². The molecule has 3 N–H and O–H groups in total. The molecular formula is C22H26N2O3. The van der Waals surface area contributed by atoms with Gasteiger partial charge in [-0.15, -0.1) is 0 Å². The summed E-state index contributed by atoms with van der Waals surface area (Å²) in [5.41, 5.74) is 2.97. The number of hydrogen-bond acceptors (Lipinski definition) is 4. The summed E-state index contributed by atoms with van der Waals surface area (Å²) in [5, 5.41) is 17.5. The van der Waals surface area contributed by atoms with Gasteiger partial charge in [-0.05, 0) is 42.6 Å². The lowest BCUT2D eigenvalue weighted by molar-refractivity contribution is -0.128. The first-order valence-electron chi connectivity index (χ1n) is 9.60. The average molecular weight is 366 g/mol. The smallest absolute Gasteiger partial charge is 0.246 e. The molecule has 1 saturated heterocycles. The van der Waals surface area contributed by atoms with Gasteiger partial charge in [0.2, 0.25) is 5.91 Å². The van der Waals surface area contributed by atoms with E-state index in [-0.39, 0.29) is 24.0 Å². The molecular weight excluding hydrogens is 340 g/mol. The first kappa shape index (κ1) is 18.2. The molecule has 1 fully saturated rings. The molecule has 1 spiro atoms. The lowest BCUT2D eigenvalue weighted by Crippen LogP contribution is -2.48. The van der Waals surface area contributed by atoms with E-state index in [1.54, 1.807) is 0 Å². The SMILES string of the molecule is O=C(COCc1ccccc1)N[C@H]1c2ccccc2C2(CCNCC2)[C@@H]1O. The van der Waals surface area contributed by atoms with E-state index in [9.17, 15) is 9.90 Å². The van der Waals surface area contributed by atoms with Crippen LogP contribution in [-0.2, 0) is 21.6 Å². The van der Waals surface area contributed by atoms with Crippen molar-refractivity contribution in [1.82, 2.24) is 10.6 Å². The van der Waals surface area contributed by atoms with E-state index >= 15 is 0 Å². The van der Waals surface area contributed by atoms with Gasteiger partial charge in [-0.3, -0.25) is 4.79 Å². The highest BCUT2D eigenvalue weighted by atomic mass is 16.5. The van der Waals surface area contributed by atoms with E-state index in [0.29, 0.717) is 6.61 Å². The van der Waals surface area contributed by atoms with Crippen molar-refractivity contribution in [2.24, 2.45) is 0 Å². The third kappa shape index (κ3) is 3.50. The van der Waals surface area contributed by atoms with Crippen LogP contribution in [0.5, 0.6) is 0 Å². The van der Waals surface area contributed by atoms with Gasteiger partial charge in [0.25, 0.3) is 0 Å². The number of piperidine rings is 1. The second-order valence-electron chi connectivity index (χ2n) is 7.46. The largest absolute Gasteiger partial charge is 0.390 e. The topological polar surface area (TPSA) is 70.6 Å². The molecule has 27 heavy (non-hydrogen) atoms. The Labute approximate surface area is 159 Å². The van der Waals surface area contributed by atoms with Gasteiger partial charge in [0.1, 0.15) is 6.61 Å². The quantitative estimate of drug-likeness (QED) is 0.758. The first-order valence-corrected chi connectivity index (χ1v) is 9.60. The highest BCUT2D eigenvalue weighted by Crippen LogP contribution is 2.49. The van der Waals surface area contributed by atoms with Crippen molar-refractivity contribution in [2.45, 2.75) is 37.0 Å². The Hall–Kier alpha value is -2.21. The summed E-state index contributed by atoms with van der Waals surface area (Å²) in [6.07, 6.45) is 1.14. The van der Waals surface area contributed by atoms with Crippen molar-refractivity contribution in [2.75, 3.05) is 19.7 Å². The zero-order valence-electron chi connectivity index (χ0n) is 15.4. The third-order valence-corrected chi connectivity index (χ3v) is 5.87. The van der Waals surface area contributed by atoms with Crippen LogP contribution in [0.25, 0.3) is 0 Å². The lowest BCUT2D eigenvalue weighted by atomic mass is 9.72. The summed E-state index contributed by atoms with van der Waals surface area (Å²) in [7, 11) is 0. The van der Waals surface area contributed by atoms with E-state index in [1.807, 2.05) is 48.5 Å². The van der Waals surface area contributed by atoms with E-state index in [4.69, 9.17) is 4.74 Å². The number of benzene rings is 2. The summed E-state index contributed by atoms with van der Waals surface area (Å²) in [6, 6.07) is 17.5. The van der Waals surface area contributed by atoms with Crippen molar-refractivity contribution in [3.63, 3.8) is 0 Å². The molecule has 1 amide bonds. The Bertz CT molecular complexity index is 787. The monoisotopic (exact) mass is 366 g/mol. The molecule has 2 aromatic carbocycles. The van der Waals surface area contributed by atoms with Crippen LogP contribution in [0.1, 0.15) is 35.6 Å². The van der Waals surface area contributed by atoms with Gasteiger partial charge in [-0.1, -0.05) is 54.6 Å². The van der Waals surface area contributed by atoms with Crippen LogP contribution in [0.3, 0.4) is 0 Å². The zero-order valence-corrected chi connectivity index (χ0v) is 15.4. The predicted molar refractivity (Wildman–Crippen MR) is 103 cm³/mol. The highest BCUT2D eigenvalue weighted by Gasteiger charge is 2.51. The van der Waals surface area contributed by atoms with Crippen molar-refractivity contribution in [3.8, 4) is 0 Å². The predicted octanol–water partition coefficient (Wildman–Crippen LogP) is 2.06. The number of aliphatic hydroxyl groups excluding tert-OH is 1. The minimum Gasteiger partial charge on any atom is -0.390 e. The van der Waals surface area contributed by atoms with Crippen LogP contribution >= 0.6 is 0 Å². The molecule has 142 valence electrons. The van der Waals surface area contributed by atoms with Gasteiger partial charge in [0.05, 0.1) is 18.8 Å². The van der Waals surface area contributed by atoms with Crippen LogP contribution < -0.4 is 10.6 Å². The molecule has 5 nitrogen and oxygen atoms in total. The summed E-state index contributed by atoms with van der Waals surface area (Å²) >= 11 is 0. The maximum atomic E-state index is 12.5. The summed E-state index contributed by atoms with van der Waals surface area (Å²) in [5.74, 6) is -0.198. The molecule has 2 atom stereocenters.